The SMILES string of the molecule is CCC(c1ccccc1F)C(OB([O-])O)(c1ccccc1F)c1ccccc1F.C[N+](C)(C)C. The molecule has 0 radical (unpaired) electrons. The summed E-state index contributed by atoms with van der Waals surface area (Å²) >= 11 is 0. The van der Waals surface area contributed by atoms with Crippen LogP contribution in [0.3, 0.4) is 0 Å². The van der Waals surface area contributed by atoms with E-state index in [1.54, 1.807) is 13.0 Å². The smallest absolute Gasteiger partial charge is 0.343 e. The number of quaternary nitrogens is 1. The summed E-state index contributed by atoms with van der Waals surface area (Å²) in [6, 6.07) is 16.6. The molecule has 0 bridgehead atoms. The van der Waals surface area contributed by atoms with Crippen molar-refractivity contribution >= 4 is 7.32 Å². The summed E-state index contributed by atoms with van der Waals surface area (Å²) in [6.07, 6.45) is 0.163. The molecule has 0 saturated carbocycles. The number of hydrogen-bond donors (Lipinski definition) is 1. The second-order valence-corrected chi connectivity index (χ2v) is 9.29. The van der Waals surface area contributed by atoms with E-state index < -0.39 is 36.3 Å². The lowest BCUT2D eigenvalue weighted by atomic mass is 9.70. The number of rotatable bonds is 7. The van der Waals surface area contributed by atoms with Crippen molar-refractivity contribution in [3.8, 4) is 0 Å². The summed E-state index contributed by atoms with van der Waals surface area (Å²) in [5.74, 6) is -3.17. The minimum absolute atomic E-state index is 0.113. The van der Waals surface area contributed by atoms with E-state index in [0.717, 1.165) is 16.6 Å². The summed E-state index contributed by atoms with van der Waals surface area (Å²) in [5, 5.41) is 21.5. The Morgan fingerprint density at radius 1 is 0.824 bits per heavy atom. The molecule has 0 aliphatic carbocycles. The Bertz CT molecular complexity index is 1020. The largest absolute Gasteiger partial charge is 0.832 e. The topological polar surface area (TPSA) is 52.5 Å². The average Bonchev–Trinajstić information content (AvgIpc) is 2.74. The van der Waals surface area contributed by atoms with Crippen molar-refractivity contribution in [1.29, 1.82) is 0 Å². The van der Waals surface area contributed by atoms with Gasteiger partial charge in [0.1, 0.15) is 23.1 Å². The predicted octanol–water partition coefficient (Wildman–Crippen LogP) is 4.22. The molecular formula is C26H31BF3NO3. The van der Waals surface area contributed by atoms with Crippen LogP contribution in [-0.2, 0) is 10.3 Å². The van der Waals surface area contributed by atoms with Gasteiger partial charge in [0.25, 0.3) is 0 Å². The molecule has 0 heterocycles. The van der Waals surface area contributed by atoms with Crippen molar-refractivity contribution in [3.63, 3.8) is 0 Å². The monoisotopic (exact) mass is 473 g/mol. The number of nitrogens with zero attached hydrogens (tertiary/aromatic N) is 1. The third kappa shape index (κ3) is 6.70. The minimum atomic E-state index is -2.62. The van der Waals surface area contributed by atoms with Gasteiger partial charge < -0.3 is 19.2 Å². The Hall–Kier alpha value is -2.65. The lowest BCUT2D eigenvalue weighted by Gasteiger charge is -2.44. The molecule has 1 atom stereocenters. The van der Waals surface area contributed by atoms with Crippen molar-refractivity contribution < 1.29 is 32.4 Å². The summed E-state index contributed by atoms with van der Waals surface area (Å²) in [4.78, 5) is 0. The van der Waals surface area contributed by atoms with E-state index in [4.69, 9.17) is 4.65 Å². The second-order valence-electron chi connectivity index (χ2n) is 9.29. The van der Waals surface area contributed by atoms with Gasteiger partial charge in [0.05, 0.1) is 28.2 Å². The Morgan fingerprint density at radius 2 is 1.21 bits per heavy atom. The molecule has 3 aromatic rings. The van der Waals surface area contributed by atoms with Crippen LogP contribution < -0.4 is 5.02 Å². The van der Waals surface area contributed by atoms with E-state index in [1.807, 2.05) is 0 Å². The zero-order valence-electron chi connectivity index (χ0n) is 20.1. The van der Waals surface area contributed by atoms with Crippen molar-refractivity contribution in [2.24, 2.45) is 0 Å². The minimum Gasteiger partial charge on any atom is -0.832 e. The van der Waals surface area contributed by atoms with Crippen LogP contribution >= 0.6 is 0 Å². The van der Waals surface area contributed by atoms with Crippen molar-refractivity contribution in [2.45, 2.75) is 24.9 Å². The van der Waals surface area contributed by atoms with Crippen LogP contribution in [0.1, 0.15) is 36.0 Å². The lowest BCUT2D eigenvalue weighted by Crippen LogP contribution is -2.49. The maximum absolute atomic E-state index is 15.0. The van der Waals surface area contributed by atoms with Gasteiger partial charge >= 0.3 is 7.32 Å². The molecule has 0 fully saturated rings. The van der Waals surface area contributed by atoms with Crippen LogP contribution in [0.5, 0.6) is 0 Å². The molecule has 0 aliphatic rings. The number of halogens is 3. The highest BCUT2D eigenvalue weighted by atomic mass is 19.1. The zero-order chi connectivity index (χ0) is 25.5. The highest BCUT2D eigenvalue weighted by Crippen LogP contribution is 2.49. The first-order valence-corrected chi connectivity index (χ1v) is 11.0. The van der Waals surface area contributed by atoms with Gasteiger partial charge in [-0.3, -0.25) is 0 Å². The fraction of sp³-hybridized carbons (Fsp3) is 0.308. The van der Waals surface area contributed by atoms with E-state index >= 15 is 0 Å². The Kier molecular flexibility index (Phi) is 9.47. The van der Waals surface area contributed by atoms with Crippen LogP contribution in [0.2, 0.25) is 0 Å². The molecule has 0 saturated heterocycles. The summed E-state index contributed by atoms with van der Waals surface area (Å²) in [7, 11) is 5.88. The molecule has 8 heteroatoms. The maximum Gasteiger partial charge on any atom is 0.343 e. The molecular weight excluding hydrogens is 442 g/mol. The Morgan fingerprint density at radius 3 is 1.56 bits per heavy atom. The average molecular weight is 473 g/mol. The van der Waals surface area contributed by atoms with Gasteiger partial charge in [-0.15, -0.1) is 0 Å². The maximum atomic E-state index is 15.0. The molecule has 0 aromatic heterocycles. The molecule has 0 spiro atoms. The molecule has 4 nitrogen and oxygen atoms in total. The molecule has 0 amide bonds. The molecule has 0 aliphatic heterocycles. The van der Waals surface area contributed by atoms with E-state index in [2.05, 4.69) is 28.2 Å². The van der Waals surface area contributed by atoms with Gasteiger partial charge in [0, 0.05) is 17.0 Å². The standard InChI is InChI=1S/C22H19BF3O3.C4H12N/c1-2-16(15-9-3-6-12-19(15)24)22(29-23(27)28,17-10-4-7-13-20(17)25)18-11-5-8-14-21(18)26;1-5(2,3)4/h3-14,16,27H,2H2,1H3;1-4H3/q-1;+1. The fourth-order valence-electron chi connectivity index (χ4n) is 3.90. The summed E-state index contributed by atoms with van der Waals surface area (Å²) < 4.78 is 51.1. The number of hydrogen-bond acceptors (Lipinski definition) is 3. The highest BCUT2D eigenvalue weighted by Gasteiger charge is 2.47. The summed E-state index contributed by atoms with van der Waals surface area (Å²) in [5.41, 5.74) is -2.33. The van der Waals surface area contributed by atoms with Crippen LogP contribution in [0.25, 0.3) is 0 Å². The normalized spacial score (nSPS) is 12.5. The Balaban J connectivity index is 0.000000739. The van der Waals surface area contributed by atoms with Crippen molar-refractivity contribution in [3.05, 3.63) is 107 Å². The third-order valence-corrected chi connectivity index (χ3v) is 5.01. The van der Waals surface area contributed by atoms with E-state index in [0.29, 0.717) is 0 Å². The van der Waals surface area contributed by atoms with E-state index in [1.165, 1.54) is 54.6 Å². The van der Waals surface area contributed by atoms with Gasteiger partial charge in [0.15, 0.2) is 0 Å². The van der Waals surface area contributed by atoms with E-state index in [-0.39, 0.29) is 23.1 Å². The predicted molar refractivity (Wildman–Crippen MR) is 126 cm³/mol. The zero-order valence-corrected chi connectivity index (χ0v) is 20.1. The van der Waals surface area contributed by atoms with E-state index in [9.17, 15) is 23.2 Å². The molecule has 182 valence electrons. The third-order valence-electron chi connectivity index (χ3n) is 5.01. The Labute approximate surface area is 200 Å². The van der Waals surface area contributed by atoms with Crippen LogP contribution in [0.4, 0.5) is 13.2 Å². The van der Waals surface area contributed by atoms with Gasteiger partial charge in [-0.2, -0.15) is 0 Å². The van der Waals surface area contributed by atoms with Crippen LogP contribution in [-0.4, -0.2) is 45.0 Å². The van der Waals surface area contributed by atoms with Gasteiger partial charge in [-0.05, 0) is 30.2 Å². The van der Waals surface area contributed by atoms with Crippen LogP contribution in [0.15, 0.2) is 72.8 Å². The first-order valence-electron chi connectivity index (χ1n) is 11.0. The molecule has 3 aromatic carbocycles. The quantitative estimate of drug-likeness (QED) is 0.413. The van der Waals surface area contributed by atoms with Crippen LogP contribution in [0, 0.1) is 17.5 Å². The van der Waals surface area contributed by atoms with Gasteiger partial charge in [-0.1, -0.05) is 61.5 Å². The first-order chi connectivity index (χ1) is 15.9. The van der Waals surface area contributed by atoms with Crippen molar-refractivity contribution in [2.75, 3.05) is 28.2 Å². The van der Waals surface area contributed by atoms with Gasteiger partial charge in [0.2, 0.25) is 0 Å². The molecule has 34 heavy (non-hydrogen) atoms. The first kappa shape index (κ1) is 27.6. The van der Waals surface area contributed by atoms with Gasteiger partial charge in [-0.25, -0.2) is 13.2 Å². The van der Waals surface area contributed by atoms with Crippen molar-refractivity contribution in [1.82, 2.24) is 0 Å². The fourth-order valence-corrected chi connectivity index (χ4v) is 3.90. The highest BCUT2D eigenvalue weighted by molar-refractivity contribution is 6.30. The molecule has 1 unspecified atom stereocenters. The molecule has 1 N–H and O–H groups in total. The summed E-state index contributed by atoms with van der Waals surface area (Å²) in [6.45, 7) is 1.69. The second kappa shape index (κ2) is 11.7. The number of benzene rings is 3. The lowest BCUT2D eigenvalue weighted by molar-refractivity contribution is -0.849. The molecule has 3 rings (SSSR count).